The molecule has 0 N–H and O–H groups in total. The predicted molar refractivity (Wildman–Crippen MR) is 44.1 cm³/mol. The summed E-state index contributed by atoms with van der Waals surface area (Å²) in [6.07, 6.45) is 2.25. The van der Waals surface area contributed by atoms with Gasteiger partial charge < -0.3 is 0 Å². The van der Waals surface area contributed by atoms with Crippen molar-refractivity contribution in [2.24, 2.45) is 0 Å². The zero-order valence-corrected chi connectivity index (χ0v) is 7.24. The van der Waals surface area contributed by atoms with Crippen LogP contribution in [0, 0.1) is 0 Å². The van der Waals surface area contributed by atoms with Crippen LogP contribution in [0.15, 0.2) is 11.1 Å². The summed E-state index contributed by atoms with van der Waals surface area (Å²) < 4.78 is 0. The molecule has 0 aromatic rings. The van der Waals surface area contributed by atoms with Gasteiger partial charge >= 0.3 is 0 Å². The molecular formula is C8H13ClO. The van der Waals surface area contributed by atoms with Gasteiger partial charge in [0.25, 0.3) is 0 Å². The van der Waals surface area contributed by atoms with Crippen molar-refractivity contribution in [1.29, 1.82) is 0 Å². The van der Waals surface area contributed by atoms with Gasteiger partial charge in [-0.15, -0.1) is 0 Å². The van der Waals surface area contributed by atoms with Gasteiger partial charge in [-0.1, -0.05) is 25.4 Å². The third-order valence-corrected chi connectivity index (χ3v) is 1.61. The van der Waals surface area contributed by atoms with Gasteiger partial charge in [0.05, 0.1) is 0 Å². The molecule has 0 spiro atoms. The molecule has 0 aliphatic heterocycles. The molecule has 0 fully saturated rings. The first-order valence-corrected chi connectivity index (χ1v) is 4.02. The van der Waals surface area contributed by atoms with Gasteiger partial charge in [-0.3, -0.25) is 4.79 Å². The van der Waals surface area contributed by atoms with Gasteiger partial charge in [-0.2, -0.15) is 0 Å². The molecule has 10 heavy (non-hydrogen) atoms. The summed E-state index contributed by atoms with van der Waals surface area (Å²) in [5, 5.41) is 0. The number of allylic oxidation sites excluding steroid dienone is 1. The zero-order chi connectivity index (χ0) is 7.98. The number of Topliss-reactive ketones (excluding diaryl/α,β-unsaturated/α-hetero) is 1. The van der Waals surface area contributed by atoms with Crippen molar-refractivity contribution in [1.82, 2.24) is 0 Å². The standard InChI is InChI=1S/C8H13ClO/c1-3-5-8(10)7(4-2)6-9/h6H,3-5H2,1-2H3/b7-6-. The molecule has 0 bridgehead atoms. The van der Waals surface area contributed by atoms with Crippen molar-refractivity contribution in [3.8, 4) is 0 Å². The quantitative estimate of drug-likeness (QED) is 0.578. The van der Waals surface area contributed by atoms with E-state index < -0.39 is 0 Å². The van der Waals surface area contributed by atoms with Gasteiger partial charge in [0, 0.05) is 17.5 Å². The minimum absolute atomic E-state index is 0.181. The van der Waals surface area contributed by atoms with Crippen LogP contribution >= 0.6 is 11.6 Å². The van der Waals surface area contributed by atoms with Crippen molar-refractivity contribution in [2.45, 2.75) is 33.1 Å². The van der Waals surface area contributed by atoms with Crippen molar-refractivity contribution < 1.29 is 4.79 Å². The van der Waals surface area contributed by atoms with E-state index in [-0.39, 0.29) is 5.78 Å². The van der Waals surface area contributed by atoms with Crippen LogP contribution in [0.4, 0.5) is 0 Å². The summed E-state index contributed by atoms with van der Waals surface area (Å²) in [5.41, 5.74) is 2.13. The van der Waals surface area contributed by atoms with Crippen LogP contribution in [0.25, 0.3) is 0 Å². The lowest BCUT2D eigenvalue weighted by Crippen LogP contribution is -1.99. The van der Waals surface area contributed by atoms with E-state index in [9.17, 15) is 4.79 Å². The van der Waals surface area contributed by atoms with E-state index in [1.807, 2.05) is 13.8 Å². The summed E-state index contributed by atoms with van der Waals surface area (Å²) in [6, 6.07) is 0. The molecule has 0 unspecified atom stereocenters. The topological polar surface area (TPSA) is 17.1 Å². The van der Waals surface area contributed by atoms with Gasteiger partial charge in [0.2, 0.25) is 0 Å². The Morgan fingerprint density at radius 1 is 1.50 bits per heavy atom. The highest BCUT2D eigenvalue weighted by Gasteiger charge is 2.03. The number of rotatable bonds is 4. The Bertz CT molecular complexity index is 138. The minimum Gasteiger partial charge on any atom is -0.295 e. The van der Waals surface area contributed by atoms with E-state index in [0.29, 0.717) is 6.42 Å². The molecule has 0 saturated carbocycles. The maximum Gasteiger partial charge on any atom is 0.159 e. The van der Waals surface area contributed by atoms with Gasteiger partial charge in [-0.25, -0.2) is 0 Å². The number of halogens is 1. The van der Waals surface area contributed by atoms with Crippen molar-refractivity contribution >= 4 is 17.4 Å². The second-order valence-corrected chi connectivity index (χ2v) is 2.38. The summed E-state index contributed by atoms with van der Waals surface area (Å²) >= 11 is 5.42. The van der Waals surface area contributed by atoms with E-state index in [1.54, 1.807) is 0 Å². The van der Waals surface area contributed by atoms with Gasteiger partial charge in [-0.05, 0) is 12.8 Å². The lowest BCUT2D eigenvalue weighted by atomic mass is 10.1. The fourth-order valence-electron chi connectivity index (χ4n) is 0.723. The SMILES string of the molecule is CCCC(=O)/C(=C\Cl)CC. The first-order valence-electron chi connectivity index (χ1n) is 3.58. The molecule has 0 amide bonds. The van der Waals surface area contributed by atoms with Crippen LogP contribution in [0.5, 0.6) is 0 Å². The lowest BCUT2D eigenvalue weighted by Gasteiger charge is -1.98. The fraction of sp³-hybridized carbons (Fsp3) is 0.625. The lowest BCUT2D eigenvalue weighted by molar-refractivity contribution is -0.115. The summed E-state index contributed by atoms with van der Waals surface area (Å²) in [4.78, 5) is 11.1. The molecule has 1 nitrogen and oxygen atoms in total. The Balaban J connectivity index is 3.91. The molecule has 0 aliphatic rings. The monoisotopic (exact) mass is 160 g/mol. The Kier molecular flexibility index (Phi) is 5.32. The Labute approximate surface area is 67.1 Å². The number of hydrogen-bond donors (Lipinski definition) is 0. The van der Waals surface area contributed by atoms with Crippen LogP contribution in [0.1, 0.15) is 33.1 Å². The van der Waals surface area contributed by atoms with Crippen LogP contribution in [-0.2, 0) is 4.79 Å². The Morgan fingerprint density at radius 3 is 2.40 bits per heavy atom. The number of hydrogen-bond acceptors (Lipinski definition) is 1. The maximum atomic E-state index is 11.1. The molecule has 58 valence electrons. The van der Waals surface area contributed by atoms with Crippen molar-refractivity contribution in [2.75, 3.05) is 0 Å². The van der Waals surface area contributed by atoms with Crippen molar-refractivity contribution in [3.63, 3.8) is 0 Å². The predicted octanol–water partition coefficient (Wildman–Crippen LogP) is 2.89. The molecule has 0 rings (SSSR count). The van der Waals surface area contributed by atoms with Crippen LogP contribution in [0.3, 0.4) is 0 Å². The molecule has 0 heterocycles. The Hall–Kier alpha value is -0.300. The molecule has 0 radical (unpaired) electrons. The third-order valence-electron chi connectivity index (χ3n) is 1.35. The molecule has 0 saturated heterocycles. The summed E-state index contributed by atoms with van der Waals surface area (Å²) in [5.74, 6) is 0.181. The highest BCUT2D eigenvalue weighted by atomic mass is 35.5. The van der Waals surface area contributed by atoms with Crippen LogP contribution < -0.4 is 0 Å². The molecule has 0 aromatic heterocycles. The zero-order valence-electron chi connectivity index (χ0n) is 6.48. The van der Waals surface area contributed by atoms with E-state index >= 15 is 0 Å². The molecule has 2 heteroatoms. The first-order chi connectivity index (χ1) is 4.76. The highest BCUT2D eigenvalue weighted by Crippen LogP contribution is 2.07. The molecule has 0 aliphatic carbocycles. The first kappa shape index (κ1) is 9.70. The Morgan fingerprint density at radius 2 is 2.10 bits per heavy atom. The molecular weight excluding hydrogens is 148 g/mol. The smallest absolute Gasteiger partial charge is 0.159 e. The van der Waals surface area contributed by atoms with Gasteiger partial charge in [0.1, 0.15) is 0 Å². The van der Waals surface area contributed by atoms with Crippen molar-refractivity contribution in [3.05, 3.63) is 11.1 Å². The molecule has 0 aromatic carbocycles. The molecule has 0 atom stereocenters. The summed E-state index contributed by atoms with van der Waals surface area (Å²) in [7, 11) is 0. The minimum atomic E-state index is 0.181. The maximum absolute atomic E-state index is 11.1. The van der Waals surface area contributed by atoms with Crippen LogP contribution in [-0.4, -0.2) is 5.78 Å². The second kappa shape index (κ2) is 5.48. The average molecular weight is 161 g/mol. The normalized spacial score (nSPS) is 11.7. The number of ketones is 1. The van der Waals surface area contributed by atoms with E-state index in [0.717, 1.165) is 18.4 Å². The fourth-order valence-corrected chi connectivity index (χ4v) is 0.999. The largest absolute Gasteiger partial charge is 0.295 e. The third kappa shape index (κ3) is 3.02. The average Bonchev–Trinajstić information content (AvgIpc) is 1.91. The van der Waals surface area contributed by atoms with Crippen LogP contribution in [0.2, 0.25) is 0 Å². The van der Waals surface area contributed by atoms with Gasteiger partial charge in [0.15, 0.2) is 5.78 Å². The summed E-state index contributed by atoms with van der Waals surface area (Å²) in [6.45, 7) is 3.92. The van der Waals surface area contributed by atoms with E-state index in [1.165, 1.54) is 5.54 Å². The number of carbonyl (C=O) groups is 1. The van der Waals surface area contributed by atoms with E-state index in [4.69, 9.17) is 11.6 Å². The second-order valence-electron chi connectivity index (χ2n) is 2.16. The highest BCUT2D eigenvalue weighted by molar-refractivity contribution is 6.27. The van der Waals surface area contributed by atoms with E-state index in [2.05, 4.69) is 0 Å². The number of carbonyl (C=O) groups excluding carboxylic acids is 1.